The Hall–Kier alpha value is -1.62. The lowest BCUT2D eigenvalue weighted by molar-refractivity contribution is -0.121. The predicted octanol–water partition coefficient (Wildman–Crippen LogP) is 1.47. The molecule has 1 amide bonds. The number of hydrogen-bond donors (Lipinski definition) is 0. The Morgan fingerprint density at radius 2 is 1.82 bits per heavy atom. The van der Waals surface area contributed by atoms with Gasteiger partial charge in [-0.3, -0.25) is 4.79 Å². The smallest absolute Gasteiger partial charge is 0.266 e. The molecule has 17 heavy (non-hydrogen) atoms. The third kappa shape index (κ3) is 2.24. The summed E-state index contributed by atoms with van der Waals surface area (Å²) in [6.07, 6.45) is 3.55. The van der Waals surface area contributed by atoms with Crippen molar-refractivity contribution in [1.82, 2.24) is 4.31 Å². The van der Waals surface area contributed by atoms with E-state index in [0.29, 0.717) is 6.42 Å². The number of aryl methyl sites for hydroxylation is 1. The number of benzene rings is 1. The molecule has 0 bridgehead atoms. The van der Waals surface area contributed by atoms with Crippen LogP contribution in [0.25, 0.3) is 0 Å². The van der Waals surface area contributed by atoms with Gasteiger partial charge in [-0.25, -0.2) is 12.7 Å². The molecule has 0 spiro atoms. The van der Waals surface area contributed by atoms with E-state index in [-0.39, 0.29) is 11.4 Å². The fourth-order valence-electron chi connectivity index (χ4n) is 1.65. The van der Waals surface area contributed by atoms with Crippen molar-refractivity contribution < 1.29 is 13.2 Å². The van der Waals surface area contributed by atoms with Gasteiger partial charge in [-0.15, -0.1) is 0 Å². The van der Waals surface area contributed by atoms with Gasteiger partial charge in [0, 0.05) is 12.6 Å². The third-order valence-corrected chi connectivity index (χ3v) is 4.42. The van der Waals surface area contributed by atoms with Crippen LogP contribution in [0.2, 0.25) is 0 Å². The van der Waals surface area contributed by atoms with Gasteiger partial charge >= 0.3 is 0 Å². The molecule has 0 atom stereocenters. The van der Waals surface area contributed by atoms with Crippen LogP contribution in [0.1, 0.15) is 12.0 Å². The van der Waals surface area contributed by atoms with E-state index in [4.69, 9.17) is 0 Å². The van der Waals surface area contributed by atoms with Crippen LogP contribution in [0, 0.1) is 6.92 Å². The maximum absolute atomic E-state index is 12.2. The van der Waals surface area contributed by atoms with Crippen molar-refractivity contribution in [2.24, 2.45) is 0 Å². The topological polar surface area (TPSA) is 54.5 Å². The molecule has 0 saturated carbocycles. The van der Waals surface area contributed by atoms with Gasteiger partial charge in [-0.1, -0.05) is 23.8 Å². The minimum atomic E-state index is -3.70. The summed E-state index contributed by atoms with van der Waals surface area (Å²) in [6.45, 7) is 2.09. The Kier molecular flexibility index (Phi) is 3.02. The van der Waals surface area contributed by atoms with Crippen molar-refractivity contribution in [2.45, 2.75) is 18.2 Å². The number of amides is 1. The van der Waals surface area contributed by atoms with Gasteiger partial charge in [0.1, 0.15) is 0 Å². The second-order valence-corrected chi connectivity index (χ2v) is 5.78. The molecule has 0 saturated heterocycles. The molecule has 1 heterocycles. The summed E-state index contributed by atoms with van der Waals surface area (Å²) >= 11 is 0. The Bertz CT molecular complexity index is 558. The lowest BCUT2D eigenvalue weighted by Crippen LogP contribution is -2.38. The Morgan fingerprint density at radius 3 is 2.41 bits per heavy atom. The monoisotopic (exact) mass is 251 g/mol. The highest BCUT2D eigenvalue weighted by molar-refractivity contribution is 7.89. The zero-order chi connectivity index (χ0) is 12.5. The minimum Gasteiger partial charge on any atom is -0.269 e. The van der Waals surface area contributed by atoms with E-state index in [1.165, 1.54) is 18.2 Å². The molecule has 0 N–H and O–H groups in total. The molecule has 90 valence electrons. The highest BCUT2D eigenvalue weighted by atomic mass is 32.2. The Labute approximate surface area is 101 Å². The van der Waals surface area contributed by atoms with Gasteiger partial charge in [0.05, 0.1) is 4.90 Å². The Balaban J connectivity index is 2.39. The molecule has 0 aromatic heterocycles. The summed E-state index contributed by atoms with van der Waals surface area (Å²) in [7, 11) is -3.70. The number of hydrogen-bond acceptors (Lipinski definition) is 3. The second kappa shape index (κ2) is 4.33. The maximum atomic E-state index is 12.2. The average Bonchev–Trinajstić information content (AvgIpc) is 2.30. The van der Waals surface area contributed by atoms with Crippen molar-refractivity contribution in [3.05, 3.63) is 42.0 Å². The van der Waals surface area contributed by atoms with E-state index in [1.807, 2.05) is 6.92 Å². The van der Waals surface area contributed by atoms with Crippen LogP contribution in [0.15, 0.2) is 41.3 Å². The van der Waals surface area contributed by atoms with Crippen molar-refractivity contribution in [3.63, 3.8) is 0 Å². The molecule has 0 fully saturated rings. The predicted molar refractivity (Wildman–Crippen MR) is 63.8 cm³/mol. The average molecular weight is 251 g/mol. The van der Waals surface area contributed by atoms with Crippen molar-refractivity contribution >= 4 is 15.9 Å². The zero-order valence-electron chi connectivity index (χ0n) is 9.46. The van der Waals surface area contributed by atoms with Gasteiger partial charge in [-0.2, -0.15) is 0 Å². The van der Waals surface area contributed by atoms with Crippen LogP contribution in [-0.4, -0.2) is 25.2 Å². The zero-order valence-corrected chi connectivity index (χ0v) is 10.3. The molecule has 0 unspecified atom stereocenters. The molecular weight excluding hydrogens is 238 g/mol. The van der Waals surface area contributed by atoms with Gasteiger partial charge in [0.2, 0.25) is 0 Å². The number of nitrogens with zero attached hydrogens (tertiary/aromatic N) is 1. The van der Waals surface area contributed by atoms with Gasteiger partial charge in [-0.05, 0) is 25.5 Å². The first-order valence-electron chi connectivity index (χ1n) is 5.32. The summed E-state index contributed by atoms with van der Waals surface area (Å²) in [5.74, 6) is -0.475. The van der Waals surface area contributed by atoms with Gasteiger partial charge < -0.3 is 0 Å². The molecule has 4 nitrogen and oxygen atoms in total. The van der Waals surface area contributed by atoms with E-state index in [0.717, 1.165) is 9.87 Å². The Morgan fingerprint density at radius 1 is 1.18 bits per heavy atom. The molecular formula is C12H13NO3S. The standard InChI is InChI=1S/C12H13NO3S/c1-10-5-7-11(8-6-10)17(15,16)13-9-3-2-4-12(13)14/h2,4-8H,3,9H2,1H3. The third-order valence-electron chi connectivity index (χ3n) is 2.61. The molecule has 0 radical (unpaired) electrons. The molecule has 1 aliphatic heterocycles. The van der Waals surface area contributed by atoms with Crippen LogP contribution in [0.4, 0.5) is 0 Å². The number of carbonyl (C=O) groups excluding carboxylic acids is 1. The summed E-state index contributed by atoms with van der Waals surface area (Å²) in [5.41, 5.74) is 0.980. The van der Waals surface area contributed by atoms with Crippen LogP contribution in [-0.2, 0) is 14.8 Å². The van der Waals surface area contributed by atoms with E-state index < -0.39 is 15.9 Å². The molecule has 2 rings (SSSR count). The summed E-state index contributed by atoms with van der Waals surface area (Å²) in [4.78, 5) is 11.7. The molecule has 5 heteroatoms. The van der Waals surface area contributed by atoms with E-state index in [2.05, 4.69) is 0 Å². The van der Waals surface area contributed by atoms with Crippen molar-refractivity contribution in [1.29, 1.82) is 0 Å². The number of carbonyl (C=O) groups is 1. The minimum absolute atomic E-state index is 0.159. The summed E-state index contributed by atoms with van der Waals surface area (Å²) < 4.78 is 25.3. The van der Waals surface area contributed by atoms with Gasteiger partial charge in [0.15, 0.2) is 0 Å². The van der Waals surface area contributed by atoms with Crippen LogP contribution < -0.4 is 0 Å². The number of rotatable bonds is 2. The lowest BCUT2D eigenvalue weighted by atomic mass is 10.2. The highest BCUT2D eigenvalue weighted by Crippen LogP contribution is 2.19. The largest absolute Gasteiger partial charge is 0.269 e. The van der Waals surface area contributed by atoms with Crippen molar-refractivity contribution in [2.75, 3.05) is 6.54 Å². The van der Waals surface area contributed by atoms with Crippen molar-refractivity contribution in [3.8, 4) is 0 Å². The number of sulfonamides is 1. The fraction of sp³-hybridized carbons (Fsp3) is 0.250. The lowest BCUT2D eigenvalue weighted by Gasteiger charge is -2.23. The van der Waals surface area contributed by atoms with E-state index >= 15 is 0 Å². The second-order valence-electron chi connectivity index (χ2n) is 3.92. The van der Waals surface area contributed by atoms with E-state index in [9.17, 15) is 13.2 Å². The normalized spacial score (nSPS) is 16.3. The fourth-order valence-corrected chi connectivity index (χ4v) is 3.02. The van der Waals surface area contributed by atoms with E-state index in [1.54, 1.807) is 18.2 Å². The molecule has 1 aromatic rings. The molecule has 1 aromatic carbocycles. The first-order chi connectivity index (χ1) is 8.01. The SMILES string of the molecule is Cc1ccc(S(=O)(=O)N2CCC=CC2=O)cc1. The first-order valence-corrected chi connectivity index (χ1v) is 6.76. The molecule has 1 aliphatic rings. The highest BCUT2D eigenvalue weighted by Gasteiger charge is 2.28. The quantitative estimate of drug-likeness (QED) is 0.800. The maximum Gasteiger partial charge on any atom is 0.266 e. The molecule has 0 aliphatic carbocycles. The summed E-state index contributed by atoms with van der Waals surface area (Å²) in [5, 5.41) is 0. The van der Waals surface area contributed by atoms with Crippen LogP contribution in [0.3, 0.4) is 0 Å². The van der Waals surface area contributed by atoms with Gasteiger partial charge in [0.25, 0.3) is 15.9 Å². The van der Waals surface area contributed by atoms with Crippen LogP contribution >= 0.6 is 0 Å². The summed E-state index contributed by atoms with van der Waals surface area (Å²) in [6, 6.07) is 6.49. The first kappa shape index (κ1) is 11.9. The van der Waals surface area contributed by atoms with Crippen LogP contribution in [0.5, 0.6) is 0 Å².